The molecule has 0 aliphatic heterocycles. The molecule has 0 saturated carbocycles. The van der Waals surface area contributed by atoms with E-state index >= 15 is 0 Å². The van der Waals surface area contributed by atoms with E-state index in [4.69, 9.17) is 0 Å². The monoisotopic (exact) mass is 378 g/mol. The van der Waals surface area contributed by atoms with Crippen molar-refractivity contribution in [1.82, 2.24) is 0 Å². The topological polar surface area (TPSA) is 0 Å². The van der Waals surface area contributed by atoms with Crippen LogP contribution in [-0.2, 0) is 6.18 Å². The maximum Gasteiger partial charge on any atom is 0.416 e. The largest absolute Gasteiger partial charge is 0.416 e. The van der Waals surface area contributed by atoms with Crippen molar-refractivity contribution in [2.75, 3.05) is 0 Å². The van der Waals surface area contributed by atoms with Gasteiger partial charge in [0.1, 0.15) is 0 Å². The zero-order chi connectivity index (χ0) is 14.2. The van der Waals surface area contributed by atoms with Gasteiger partial charge in [-0.15, -0.1) is 0 Å². The fourth-order valence-corrected chi connectivity index (χ4v) is 3.30. The van der Waals surface area contributed by atoms with Crippen LogP contribution in [0.3, 0.4) is 0 Å². The van der Waals surface area contributed by atoms with Gasteiger partial charge in [-0.2, -0.15) is 13.2 Å². The lowest BCUT2D eigenvalue weighted by Crippen LogP contribution is -2.09. The quantitative estimate of drug-likeness (QED) is 0.439. The molecule has 1 aromatic rings. The van der Waals surface area contributed by atoms with Crippen LogP contribution in [-0.4, -0.2) is 3.92 Å². The second-order valence-electron chi connectivity index (χ2n) is 4.81. The summed E-state index contributed by atoms with van der Waals surface area (Å²) in [6.45, 7) is 4.14. The van der Waals surface area contributed by atoms with E-state index in [1.165, 1.54) is 11.1 Å². The number of allylic oxidation sites excluding steroid dienone is 4. The van der Waals surface area contributed by atoms with Gasteiger partial charge in [-0.05, 0) is 43.5 Å². The Morgan fingerprint density at radius 1 is 1.11 bits per heavy atom. The molecule has 1 aromatic carbocycles. The van der Waals surface area contributed by atoms with Crippen LogP contribution >= 0.6 is 22.6 Å². The van der Waals surface area contributed by atoms with Gasteiger partial charge in [-0.25, -0.2) is 0 Å². The second kappa shape index (κ2) is 5.31. The lowest BCUT2D eigenvalue weighted by atomic mass is 9.89. The van der Waals surface area contributed by atoms with E-state index in [1.807, 2.05) is 6.92 Å². The lowest BCUT2D eigenvalue weighted by Gasteiger charge is -2.22. The fraction of sp³-hybridized carbons (Fsp3) is 0.333. The van der Waals surface area contributed by atoms with Crippen LogP contribution in [0.5, 0.6) is 0 Å². The van der Waals surface area contributed by atoms with Crippen molar-refractivity contribution in [2.45, 2.75) is 30.4 Å². The number of hydrogen-bond donors (Lipinski definition) is 0. The van der Waals surface area contributed by atoms with E-state index in [1.54, 1.807) is 12.1 Å². The molecule has 1 aliphatic rings. The highest BCUT2D eigenvalue weighted by Crippen LogP contribution is 2.36. The number of hydrogen-bond acceptors (Lipinski definition) is 0. The normalized spacial score (nSPS) is 20.5. The Kier molecular flexibility index (Phi) is 4.08. The molecule has 102 valence electrons. The first kappa shape index (κ1) is 14.6. The van der Waals surface area contributed by atoms with Crippen LogP contribution in [0.15, 0.2) is 41.5 Å². The Morgan fingerprint density at radius 3 is 2.21 bits per heavy atom. The summed E-state index contributed by atoms with van der Waals surface area (Å²) in [6.07, 6.45) is -1.23. The van der Waals surface area contributed by atoms with Gasteiger partial charge in [-0.1, -0.05) is 51.9 Å². The van der Waals surface area contributed by atoms with Crippen molar-refractivity contribution in [3.8, 4) is 0 Å². The van der Waals surface area contributed by atoms with Gasteiger partial charge in [0.15, 0.2) is 0 Å². The van der Waals surface area contributed by atoms with Crippen LogP contribution in [0.1, 0.15) is 31.4 Å². The predicted octanol–water partition coefficient (Wildman–Crippen LogP) is 5.63. The molecule has 4 heteroatoms. The first-order chi connectivity index (χ1) is 8.79. The maximum atomic E-state index is 12.5. The van der Waals surface area contributed by atoms with Crippen LogP contribution in [0.2, 0.25) is 0 Å². The Hall–Kier alpha value is -0.780. The van der Waals surface area contributed by atoms with Crippen molar-refractivity contribution < 1.29 is 13.2 Å². The molecule has 0 nitrogen and oxygen atoms in total. The zero-order valence-corrected chi connectivity index (χ0v) is 12.8. The number of halogens is 4. The average Bonchev–Trinajstić information content (AvgIpc) is 2.33. The van der Waals surface area contributed by atoms with Crippen LogP contribution in [0.25, 0.3) is 5.57 Å². The van der Waals surface area contributed by atoms with E-state index in [9.17, 15) is 13.2 Å². The minimum Gasteiger partial charge on any atom is -0.166 e. The van der Waals surface area contributed by atoms with Crippen molar-refractivity contribution in [3.63, 3.8) is 0 Å². The number of benzene rings is 1. The Labute approximate surface area is 124 Å². The van der Waals surface area contributed by atoms with Crippen LogP contribution in [0.4, 0.5) is 13.2 Å². The molecule has 1 aliphatic carbocycles. The molecule has 0 heterocycles. The molecule has 2 rings (SSSR count). The SMILES string of the molecule is CC1=C(C)C[C@@H](I)C(c2ccc(C(F)(F)F)cc2)=C1. The van der Waals surface area contributed by atoms with E-state index in [-0.39, 0.29) is 0 Å². The van der Waals surface area contributed by atoms with Crippen molar-refractivity contribution in [3.05, 3.63) is 52.6 Å². The summed E-state index contributed by atoms with van der Waals surface area (Å²) in [4.78, 5) is 0. The summed E-state index contributed by atoms with van der Waals surface area (Å²) in [5.41, 5.74) is 3.94. The number of rotatable bonds is 1. The van der Waals surface area contributed by atoms with Gasteiger partial charge < -0.3 is 0 Å². The summed E-state index contributed by atoms with van der Waals surface area (Å²) >= 11 is 2.35. The third kappa shape index (κ3) is 3.22. The van der Waals surface area contributed by atoms with E-state index < -0.39 is 11.7 Å². The molecule has 19 heavy (non-hydrogen) atoms. The summed E-state index contributed by atoms with van der Waals surface area (Å²) < 4.78 is 37.9. The molecule has 0 radical (unpaired) electrons. The Balaban J connectivity index is 2.35. The lowest BCUT2D eigenvalue weighted by molar-refractivity contribution is -0.137. The summed E-state index contributed by atoms with van der Waals surface area (Å²) in [5, 5.41) is 0. The molecule has 0 amide bonds. The van der Waals surface area contributed by atoms with Gasteiger partial charge in [-0.3, -0.25) is 0 Å². The summed E-state index contributed by atoms with van der Waals surface area (Å²) in [6, 6.07) is 5.43. The molecule has 0 aromatic heterocycles. The molecule has 0 saturated heterocycles. The maximum absolute atomic E-state index is 12.5. The summed E-state index contributed by atoms with van der Waals surface area (Å²) in [5.74, 6) is 0. The van der Waals surface area contributed by atoms with Gasteiger partial charge in [0.2, 0.25) is 0 Å². The van der Waals surface area contributed by atoms with E-state index in [0.717, 1.165) is 29.7 Å². The molecule has 0 fully saturated rings. The second-order valence-corrected chi connectivity index (χ2v) is 6.31. The molecular weight excluding hydrogens is 364 g/mol. The number of alkyl halides is 4. The fourth-order valence-electron chi connectivity index (χ4n) is 2.10. The Bertz CT molecular complexity index is 536. The highest BCUT2D eigenvalue weighted by Gasteiger charge is 2.30. The first-order valence-electron chi connectivity index (χ1n) is 5.98. The minimum absolute atomic E-state index is 0.318. The molecular formula is C15H14F3I. The van der Waals surface area contributed by atoms with Gasteiger partial charge in [0.05, 0.1) is 5.56 Å². The van der Waals surface area contributed by atoms with E-state index in [2.05, 4.69) is 35.6 Å². The molecule has 0 bridgehead atoms. The first-order valence-corrected chi connectivity index (χ1v) is 7.23. The standard InChI is InChI=1S/C15H14F3I/c1-9-7-13(14(19)8-10(9)2)11-3-5-12(6-4-11)15(16,17)18/h3-7,14H,8H2,1-2H3/t14-/m1/s1. The molecule has 1 atom stereocenters. The van der Waals surface area contributed by atoms with Gasteiger partial charge in [0, 0.05) is 3.92 Å². The third-order valence-corrected chi connectivity index (χ3v) is 4.52. The minimum atomic E-state index is -4.27. The van der Waals surface area contributed by atoms with Gasteiger partial charge >= 0.3 is 6.18 Å². The predicted molar refractivity (Wildman–Crippen MR) is 80.2 cm³/mol. The molecule has 0 unspecified atom stereocenters. The van der Waals surface area contributed by atoms with Crippen LogP contribution < -0.4 is 0 Å². The molecule has 0 N–H and O–H groups in total. The Morgan fingerprint density at radius 2 is 1.68 bits per heavy atom. The van der Waals surface area contributed by atoms with E-state index in [0.29, 0.717) is 3.92 Å². The highest BCUT2D eigenvalue weighted by atomic mass is 127. The van der Waals surface area contributed by atoms with Gasteiger partial charge in [0.25, 0.3) is 0 Å². The van der Waals surface area contributed by atoms with Crippen LogP contribution in [0, 0.1) is 0 Å². The third-order valence-electron chi connectivity index (χ3n) is 3.41. The molecule has 0 spiro atoms. The summed E-state index contributed by atoms with van der Waals surface area (Å²) in [7, 11) is 0. The smallest absolute Gasteiger partial charge is 0.166 e. The van der Waals surface area contributed by atoms with Crippen molar-refractivity contribution >= 4 is 28.2 Å². The van der Waals surface area contributed by atoms with Crippen molar-refractivity contribution in [1.29, 1.82) is 0 Å². The highest BCUT2D eigenvalue weighted by molar-refractivity contribution is 14.1. The average molecular weight is 378 g/mol. The zero-order valence-electron chi connectivity index (χ0n) is 10.7. The van der Waals surface area contributed by atoms with Crippen molar-refractivity contribution in [2.24, 2.45) is 0 Å².